The first-order valence-electron chi connectivity index (χ1n) is 23.5. The Morgan fingerprint density at radius 1 is 0.426 bits per heavy atom. The second-order valence-electron chi connectivity index (χ2n) is 15.6. The molecular weight excluding hydrogens is 669 g/mol. The van der Waals surface area contributed by atoms with Crippen LogP contribution in [0.4, 0.5) is 0 Å². The van der Waals surface area contributed by atoms with Crippen LogP contribution in [-0.4, -0.2) is 37.9 Å². The zero-order valence-corrected chi connectivity index (χ0v) is 36.2. The highest BCUT2D eigenvalue weighted by atomic mass is 16.6. The van der Waals surface area contributed by atoms with Crippen LogP contribution in [0, 0.1) is 0 Å². The third-order valence-electron chi connectivity index (χ3n) is 10.2. The van der Waals surface area contributed by atoms with Gasteiger partial charge in [0.15, 0.2) is 6.10 Å². The van der Waals surface area contributed by atoms with E-state index in [-0.39, 0.29) is 25.2 Å². The molecule has 0 aliphatic carbocycles. The molecule has 1 atom stereocenters. The van der Waals surface area contributed by atoms with Crippen molar-refractivity contribution in [1.82, 2.24) is 0 Å². The van der Waals surface area contributed by atoms with E-state index in [1.807, 2.05) is 0 Å². The molecule has 0 N–H and O–H groups in total. The molecule has 0 aromatic rings. The fourth-order valence-corrected chi connectivity index (χ4v) is 6.70. The summed E-state index contributed by atoms with van der Waals surface area (Å²) in [6.45, 7) is 7.70. The van der Waals surface area contributed by atoms with Gasteiger partial charge in [-0.1, -0.05) is 211 Å². The van der Waals surface area contributed by atoms with Crippen LogP contribution in [0.15, 0.2) is 36.5 Å². The van der Waals surface area contributed by atoms with E-state index < -0.39 is 6.10 Å². The van der Waals surface area contributed by atoms with Crippen LogP contribution in [0.5, 0.6) is 0 Å². The fraction of sp³-hybridized carbons (Fsp3) is 0.837. The van der Waals surface area contributed by atoms with E-state index in [1.165, 1.54) is 141 Å². The van der Waals surface area contributed by atoms with Crippen molar-refractivity contribution in [2.75, 3.05) is 19.8 Å². The van der Waals surface area contributed by atoms with E-state index in [1.54, 1.807) is 0 Å². The number of carbonyl (C=O) groups is 2. The molecule has 0 spiro atoms. The number of hydrogen-bond donors (Lipinski definition) is 0. The monoisotopic (exact) mass is 759 g/mol. The molecule has 54 heavy (non-hydrogen) atoms. The Kier molecular flexibility index (Phi) is 43.9. The Bertz CT molecular complexity index is 862. The minimum absolute atomic E-state index is 0.0752. The molecular formula is C49H90O5. The third kappa shape index (κ3) is 42.9. The normalized spacial score (nSPS) is 12.4. The van der Waals surface area contributed by atoms with Gasteiger partial charge in [0.1, 0.15) is 6.61 Å². The molecule has 0 bridgehead atoms. The first kappa shape index (κ1) is 52.1. The van der Waals surface area contributed by atoms with E-state index >= 15 is 0 Å². The summed E-state index contributed by atoms with van der Waals surface area (Å²) in [6, 6.07) is 0. The van der Waals surface area contributed by atoms with Gasteiger partial charge in [-0.25, -0.2) is 0 Å². The Morgan fingerprint density at radius 2 is 0.833 bits per heavy atom. The van der Waals surface area contributed by atoms with Crippen LogP contribution < -0.4 is 0 Å². The molecule has 0 heterocycles. The van der Waals surface area contributed by atoms with E-state index in [9.17, 15) is 9.59 Å². The number of allylic oxidation sites excluding steroid dienone is 6. The quantitative estimate of drug-likeness (QED) is 0.0352. The molecule has 0 saturated carbocycles. The second kappa shape index (κ2) is 45.5. The third-order valence-corrected chi connectivity index (χ3v) is 10.2. The SMILES string of the molecule is CC/C=C\C/C=C\C/C=C\CCCCCC(=O)OCC(COCCCCCCCCCCCCCCCCCC)OC(=O)CCCCCCCCCCC. The predicted octanol–water partition coefficient (Wildman–Crippen LogP) is 15.4. The topological polar surface area (TPSA) is 61.8 Å². The van der Waals surface area contributed by atoms with Crippen molar-refractivity contribution in [3.63, 3.8) is 0 Å². The molecule has 0 saturated heterocycles. The fourth-order valence-electron chi connectivity index (χ4n) is 6.70. The summed E-state index contributed by atoms with van der Waals surface area (Å²) in [5.74, 6) is -0.424. The Morgan fingerprint density at radius 3 is 1.33 bits per heavy atom. The van der Waals surface area contributed by atoms with E-state index in [0.29, 0.717) is 19.4 Å². The predicted molar refractivity (Wildman–Crippen MR) is 233 cm³/mol. The van der Waals surface area contributed by atoms with Gasteiger partial charge < -0.3 is 14.2 Å². The molecule has 0 amide bonds. The van der Waals surface area contributed by atoms with Crippen LogP contribution in [0.3, 0.4) is 0 Å². The largest absolute Gasteiger partial charge is 0.462 e. The number of ether oxygens (including phenoxy) is 3. The summed E-state index contributed by atoms with van der Waals surface area (Å²) >= 11 is 0. The number of hydrogen-bond acceptors (Lipinski definition) is 5. The molecule has 0 aliphatic rings. The smallest absolute Gasteiger partial charge is 0.306 e. The molecule has 0 rings (SSSR count). The van der Waals surface area contributed by atoms with Crippen LogP contribution in [-0.2, 0) is 23.8 Å². The maximum Gasteiger partial charge on any atom is 0.306 e. The lowest BCUT2D eigenvalue weighted by atomic mass is 10.0. The maximum atomic E-state index is 12.7. The van der Waals surface area contributed by atoms with Crippen molar-refractivity contribution >= 4 is 11.9 Å². The number of rotatable bonds is 43. The van der Waals surface area contributed by atoms with Crippen molar-refractivity contribution < 1.29 is 23.8 Å². The molecule has 0 aliphatic heterocycles. The highest BCUT2D eigenvalue weighted by molar-refractivity contribution is 5.70. The molecule has 5 heteroatoms. The second-order valence-corrected chi connectivity index (χ2v) is 15.6. The Hall–Kier alpha value is -1.88. The number of unbranched alkanes of at least 4 members (excludes halogenated alkanes) is 26. The average molecular weight is 759 g/mol. The zero-order valence-electron chi connectivity index (χ0n) is 36.2. The molecule has 5 nitrogen and oxygen atoms in total. The zero-order chi connectivity index (χ0) is 39.3. The highest BCUT2D eigenvalue weighted by Gasteiger charge is 2.17. The Balaban J connectivity index is 4.21. The first-order chi connectivity index (χ1) is 26.6. The van der Waals surface area contributed by atoms with Gasteiger partial charge in [-0.2, -0.15) is 0 Å². The lowest BCUT2D eigenvalue weighted by molar-refractivity contribution is -0.163. The van der Waals surface area contributed by atoms with E-state index in [0.717, 1.165) is 64.2 Å². The summed E-state index contributed by atoms with van der Waals surface area (Å²) in [7, 11) is 0. The molecule has 1 unspecified atom stereocenters. The minimum atomic E-state index is -0.539. The van der Waals surface area contributed by atoms with Gasteiger partial charge in [-0.3, -0.25) is 9.59 Å². The lowest BCUT2D eigenvalue weighted by Crippen LogP contribution is -2.30. The van der Waals surface area contributed by atoms with E-state index in [2.05, 4.69) is 57.2 Å². The van der Waals surface area contributed by atoms with Gasteiger partial charge >= 0.3 is 11.9 Å². The van der Waals surface area contributed by atoms with Crippen molar-refractivity contribution in [2.45, 2.75) is 245 Å². The lowest BCUT2D eigenvalue weighted by Gasteiger charge is -2.18. The van der Waals surface area contributed by atoms with Crippen LogP contribution in [0.1, 0.15) is 239 Å². The van der Waals surface area contributed by atoms with Crippen LogP contribution in [0.25, 0.3) is 0 Å². The standard InChI is InChI=1S/C49H90O5/c1-4-7-10-13-16-19-21-23-24-25-27-29-32-35-38-41-44-52-45-47(54-49(51)43-40-37-34-30-18-15-12-9-6-3)46-53-48(50)42-39-36-33-31-28-26-22-20-17-14-11-8-5-2/h8,11,17,20,26,28,47H,4-7,9-10,12-16,18-19,21-25,27,29-46H2,1-3H3/b11-8-,20-17-,28-26-. The van der Waals surface area contributed by atoms with Crippen LogP contribution >= 0.6 is 0 Å². The minimum Gasteiger partial charge on any atom is -0.462 e. The maximum absolute atomic E-state index is 12.7. The summed E-state index contributed by atoms with van der Waals surface area (Å²) < 4.78 is 17.3. The van der Waals surface area contributed by atoms with E-state index in [4.69, 9.17) is 14.2 Å². The molecule has 0 aromatic heterocycles. The summed E-state index contributed by atoms with van der Waals surface area (Å²) in [4.78, 5) is 25.2. The number of esters is 2. The molecule has 316 valence electrons. The van der Waals surface area contributed by atoms with Crippen molar-refractivity contribution in [1.29, 1.82) is 0 Å². The highest BCUT2D eigenvalue weighted by Crippen LogP contribution is 2.15. The van der Waals surface area contributed by atoms with Gasteiger partial charge in [0.25, 0.3) is 0 Å². The average Bonchev–Trinajstić information content (AvgIpc) is 3.17. The van der Waals surface area contributed by atoms with Gasteiger partial charge in [0.2, 0.25) is 0 Å². The van der Waals surface area contributed by atoms with Gasteiger partial charge in [0.05, 0.1) is 6.61 Å². The van der Waals surface area contributed by atoms with Crippen LogP contribution in [0.2, 0.25) is 0 Å². The summed E-state index contributed by atoms with van der Waals surface area (Å²) in [6.07, 6.45) is 52.9. The summed E-state index contributed by atoms with van der Waals surface area (Å²) in [5.41, 5.74) is 0. The van der Waals surface area contributed by atoms with Gasteiger partial charge in [0, 0.05) is 19.4 Å². The van der Waals surface area contributed by atoms with Crippen molar-refractivity contribution in [3.8, 4) is 0 Å². The summed E-state index contributed by atoms with van der Waals surface area (Å²) in [5, 5.41) is 0. The van der Waals surface area contributed by atoms with Gasteiger partial charge in [-0.05, 0) is 51.4 Å². The first-order valence-corrected chi connectivity index (χ1v) is 23.5. The van der Waals surface area contributed by atoms with Crippen molar-refractivity contribution in [2.24, 2.45) is 0 Å². The Labute approximate surface area is 336 Å². The molecule has 0 fully saturated rings. The van der Waals surface area contributed by atoms with Gasteiger partial charge in [-0.15, -0.1) is 0 Å². The molecule has 0 aromatic carbocycles. The number of carbonyl (C=O) groups excluding carboxylic acids is 2. The molecule has 0 radical (unpaired) electrons. The van der Waals surface area contributed by atoms with Crippen molar-refractivity contribution in [3.05, 3.63) is 36.5 Å².